The van der Waals surface area contributed by atoms with Crippen LogP contribution in [0.1, 0.15) is 33.1 Å². The number of nitrogens with zero attached hydrogens (tertiary/aromatic N) is 2. The number of likely N-dealkylation sites (tertiary alicyclic amines) is 1. The number of amides is 3. The molecule has 1 aliphatic heterocycles. The molecule has 0 unspecified atom stereocenters. The van der Waals surface area contributed by atoms with Crippen LogP contribution in [0.3, 0.4) is 0 Å². The first kappa shape index (κ1) is 23.2. The van der Waals surface area contributed by atoms with Gasteiger partial charge in [0.05, 0.1) is 25.7 Å². The molecule has 1 fully saturated rings. The average Bonchev–Trinajstić information content (AvgIpc) is 2.76. The number of rotatable bonds is 5. The summed E-state index contributed by atoms with van der Waals surface area (Å²) in [5, 5.41) is 0.492. The summed E-state index contributed by atoms with van der Waals surface area (Å²) in [6, 6.07) is 12.3. The minimum Gasteiger partial charge on any atom is -0.280 e. The smallest absolute Gasteiger partial charge is 0.280 e. The van der Waals surface area contributed by atoms with E-state index in [1.807, 2.05) is 0 Å². The number of piperidine rings is 1. The fourth-order valence-electron chi connectivity index (χ4n) is 3.97. The Bertz CT molecular complexity index is 1060. The molecule has 7 nitrogen and oxygen atoms in total. The van der Waals surface area contributed by atoms with Crippen molar-refractivity contribution in [1.29, 1.82) is 0 Å². The molecule has 1 N–H and O–H groups in total. The van der Waals surface area contributed by atoms with Crippen LogP contribution in [0, 0.1) is 0 Å². The molecule has 2 aromatic rings. The lowest BCUT2D eigenvalue weighted by Crippen LogP contribution is -2.63. The second-order valence-electron chi connectivity index (χ2n) is 7.60. The van der Waals surface area contributed by atoms with Crippen LogP contribution >= 0.6 is 11.6 Å². The summed E-state index contributed by atoms with van der Waals surface area (Å²) in [5.74, 6) is -0.220. The molecule has 9 heteroatoms. The van der Waals surface area contributed by atoms with E-state index < -0.39 is 10.0 Å². The molecule has 0 aromatic heterocycles. The van der Waals surface area contributed by atoms with E-state index in [1.54, 1.807) is 49.4 Å². The number of carbonyl (C=O) groups excluding carboxylic acids is 2. The Labute approximate surface area is 188 Å². The van der Waals surface area contributed by atoms with Gasteiger partial charge in [-0.3, -0.25) is 9.62 Å². The molecule has 2 aromatic carbocycles. The van der Waals surface area contributed by atoms with Gasteiger partial charge in [-0.25, -0.2) is 18.0 Å². The summed E-state index contributed by atoms with van der Waals surface area (Å²) in [5.41, 5.74) is 0.609. The van der Waals surface area contributed by atoms with Crippen molar-refractivity contribution in [2.24, 2.45) is 0 Å². The molecule has 0 saturated carbocycles. The molecule has 0 radical (unpaired) electrons. The van der Waals surface area contributed by atoms with Gasteiger partial charge in [0.25, 0.3) is 10.0 Å². The third kappa shape index (κ3) is 4.76. The Balaban J connectivity index is 2.01. The lowest BCUT2D eigenvalue weighted by Gasteiger charge is -2.38. The summed E-state index contributed by atoms with van der Waals surface area (Å²) in [4.78, 5) is 27.5. The van der Waals surface area contributed by atoms with E-state index in [0.717, 1.165) is 19.3 Å². The Kier molecular flexibility index (Phi) is 7.03. The molecular formula is C22H27ClN3O4S+. The van der Waals surface area contributed by atoms with Gasteiger partial charge >= 0.3 is 11.9 Å². The maximum absolute atomic E-state index is 13.6. The molecular weight excluding hydrogens is 438 g/mol. The third-order valence-electron chi connectivity index (χ3n) is 5.64. The number of halogens is 1. The van der Waals surface area contributed by atoms with Gasteiger partial charge in [-0.15, -0.1) is 0 Å². The summed E-state index contributed by atoms with van der Waals surface area (Å²) < 4.78 is 28.6. The predicted octanol–water partition coefficient (Wildman–Crippen LogP) is 4.63. The lowest BCUT2D eigenvalue weighted by atomic mass is 10.1. The number of quaternary nitrogens is 1. The third-order valence-corrected chi connectivity index (χ3v) is 7.32. The molecule has 1 heterocycles. The molecule has 3 amide bonds. The number of imide groups is 1. The fraction of sp³-hybridized carbons (Fsp3) is 0.364. The first-order valence-electron chi connectivity index (χ1n) is 10.3. The van der Waals surface area contributed by atoms with E-state index in [0.29, 0.717) is 23.8 Å². The number of nitrogens with one attached hydrogen (secondary N) is 1. The Morgan fingerprint density at radius 2 is 1.65 bits per heavy atom. The summed E-state index contributed by atoms with van der Waals surface area (Å²) >= 11 is 5.88. The maximum atomic E-state index is 13.6. The molecule has 0 aliphatic carbocycles. The lowest BCUT2D eigenvalue weighted by molar-refractivity contribution is -0.778. The van der Waals surface area contributed by atoms with Gasteiger partial charge in [0.15, 0.2) is 0 Å². The Morgan fingerprint density at radius 3 is 2.23 bits per heavy atom. The molecule has 3 rings (SSSR count). The van der Waals surface area contributed by atoms with Gasteiger partial charge in [0.2, 0.25) is 0 Å². The van der Waals surface area contributed by atoms with Gasteiger partial charge in [0, 0.05) is 17.3 Å². The van der Waals surface area contributed by atoms with Gasteiger partial charge in [-0.05, 0) is 62.6 Å². The molecule has 1 saturated heterocycles. The van der Waals surface area contributed by atoms with Crippen LogP contribution in [0.4, 0.5) is 16.2 Å². The summed E-state index contributed by atoms with van der Waals surface area (Å²) in [6.07, 6.45) is 2.53. The van der Waals surface area contributed by atoms with Crippen molar-refractivity contribution in [1.82, 2.24) is 0 Å². The van der Waals surface area contributed by atoms with Crippen molar-refractivity contribution in [3.05, 3.63) is 53.6 Å². The first-order valence-corrected chi connectivity index (χ1v) is 12.1. The van der Waals surface area contributed by atoms with E-state index in [9.17, 15) is 18.0 Å². The largest absolute Gasteiger partial charge is 0.431 e. The highest BCUT2D eigenvalue weighted by Gasteiger charge is 2.46. The van der Waals surface area contributed by atoms with Crippen molar-refractivity contribution >= 4 is 44.9 Å². The zero-order chi connectivity index (χ0) is 22.6. The highest BCUT2D eigenvalue weighted by Crippen LogP contribution is 2.31. The number of para-hydroxylation sites is 1. The van der Waals surface area contributed by atoms with E-state index in [-0.39, 0.29) is 33.5 Å². The first-order chi connectivity index (χ1) is 14.7. The Morgan fingerprint density at radius 1 is 1.03 bits per heavy atom. The quantitative estimate of drug-likeness (QED) is 0.653. The van der Waals surface area contributed by atoms with Crippen molar-refractivity contribution in [2.75, 3.05) is 29.3 Å². The Hall–Kier alpha value is -2.42. The fourth-order valence-corrected chi connectivity index (χ4v) is 5.36. The molecule has 0 bridgehead atoms. The van der Waals surface area contributed by atoms with Gasteiger partial charge in [-0.2, -0.15) is 4.48 Å². The number of hydrogen-bond acceptors (Lipinski definition) is 4. The van der Waals surface area contributed by atoms with Crippen molar-refractivity contribution in [3.8, 4) is 0 Å². The molecule has 0 atom stereocenters. The van der Waals surface area contributed by atoms with Crippen LogP contribution in [-0.4, -0.2) is 44.5 Å². The highest BCUT2D eigenvalue weighted by atomic mass is 35.5. The average molecular weight is 465 g/mol. The highest BCUT2D eigenvalue weighted by molar-refractivity contribution is 7.92. The summed E-state index contributed by atoms with van der Waals surface area (Å²) in [7, 11) is -4.00. The van der Waals surface area contributed by atoms with Crippen LogP contribution < -0.4 is 9.62 Å². The number of urea groups is 1. The van der Waals surface area contributed by atoms with Crippen LogP contribution in [0.15, 0.2) is 53.4 Å². The van der Waals surface area contributed by atoms with E-state index >= 15 is 0 Å². The second-order valence-corrected chi connectivity index (χ2v) is 9.69. The van der Waals surface area contributed by atoms with Crippen molar-refractivity contribution in [2.45, 2.75) is 38.0 Å². The number of benzene rings is 2. The number of hydrogen-bond donors (Lipinski definition) is 1. The predicted molar refractivity (Wildman–Crippen MR) is 122 cm³/mol. The molecule has 166 valence electrons. The van der Waals surface area contributed by atoms with Gasteiger partial charge in [-0.1, -0.05) is 23.7 Å². The van der Waals surface area contributed by atoms with E-state index in [2.05, 4.69) is 4.72 Å². The molecule has 1 aliphatic rings. The van der Waals surface area contributed by atoms with Crippen molar-refractivity contribution in [3.63, 3.8) is 0 Å². The number of carbonyl (C=O) groups is 2. The maximum Gasteiger partial charge on any atom is 0.431 e. The minimum absolute atomic E-state index is 0.0288. The number of anilines is 2. The molecule has 31 heavy (non-hydrogen) atoms. The SMILES string of the molecule is CCN(C(=O)[N+]1(C(C)=O)CCCCC1)c1ccccc1S(=O)(=O)Nc1ccc(Cl)cc1. The standard InChI is InChI=1S/C22H27ClN3O4S/c1-3-25(22(28)26(17(2)27)15-7-4-8-16-26)20-9-5-6-10-21(20)31(29,30)24-19-13-11-18(23)12-14-19/h5-6,9-14,24H,3-4,7-8,15-16H2,1-2H3/q+1. The second kappa shape index (κ2) is 9.38. The summed E-state index contributed by atoms with van der Waals surface area (Å²) in [6.45, 7) is 4.31. The van der Waals surface area contributed by atoms with E-state index in [1.165, 1.54) is 17.9 Å². The zero-order valence-electron chi connectivity index (χ0n) is 17.7. The minimum atomic E-state index is -4.00. The van der Waals surface area contributed by atoms with Gasteiger partial charge in [0.1, 0.15) is 4.90 Å². The van der Waals surface area contributed by atoms with Crippen LogP contribution in [0.2, 0.25) is 5.02 Å². The zero-order valence-corrected chi connectivity index (χ0v) is 19.2. The number of sulfonamides is 1. The topological polar surface area (TPSA) is 83.6 Å². The normalized spacial score (nSPS) is 15.8. The van der Waals surface area contributed by atoms with Gasteiger partial charge < -0.3 is 0 Å². The van der Waals surface area contributed by atoms with Crippen LogP contribution in [0.5, 0.6) is 0 Å². The van der Waals surface area contributed by atoms with E-state index in [4.69, 9.17) is 11.6 Å². The molecule has 0 spiro atoms. The van der Waals surface area contributed by atoms with Crippen LogP contribution in [0.25, 0.3) is 0 Å². The van der Waals surface area contributed by atoms with Crippen molar-refractivity contribution < 1.29 is 22.5 Å². The van der Waals surface area contributed by atoms with Crippen LogP contribution in [-0.2, 0) is 14.8 Å². The monoisotopic (exact) mass is 464 g/mol.